The summed E-state index contributed by atoms with van der Waals surface area (Å²) in [6.45, 7) is 4.57. The Hall–Kier alpha value is -1.09. The molecule has 3 nitrogen and oxygen atoms in total. The number of nitrogens with zero attached hydrogens (tertiary/aromatic N) is 1. The summed E-state index contributed by atoms with van der Waals surface area (Å²) in [4.78, 5) is 16.4. The summed E-state index contributed by atoms with van der Waals surface area (Å²) < 4.78 is 0. The second-order valence-corrected chi connectivity index (χ2v) is 4.53. The number of aromatic nitrogens is 1. The SMILES string of the molecule is CCCN1CCCCC1c1ccc(=O)[nH]c1. The van der Waals surface area contributed by atoms with Crippen molar-refractivity contribution in [2.24, 2.45) is 0 Å². The molecule has 0 aliphatic carbocycles. The standard InChI is InChI=1S/C13H20N2O/c1-2-8-15-9-4-3-5-12(15)11-6-7-13(16)14-10-11/h6-7,10,12H,2-5,8-9H2,1H3,(H,14,16). The van der Waals surface area contributed by atoms with Gasteiger partial charge in [0, 0.05) is 18.3 Å². The van der Waals surface area contributed by atoms with Gasteiger partial charge < -0.3 is 4.98 Å². The highest BCUT2D eigenvalue weighted by molar-refractivity contribution is 5.14. The number of likely N-dealkylation sites (tertiary alicyclic amines) is 1. The van der Waals surface area contributed by atoms with E-state index in [1.165, 1.54) is 37.8 Å². The van der Waals surface area contributed by atoms with E-state index in [4.69, 9.17) is 0 Å². The van der Waals surface area contributed by atoms with Gasteiger partial charge in [0.1, 0.15) is 0 Å². The topological polar surface area (TPSA) is 36.1 Å². The molecule has 0 spiro atoms. The molecule has 2 heterocycles. The molecule has 1 saturated heterocycles. The Labute approximate surface area is 96.5 Å². The minimum atomic E-state index is -0.0124. The molecular weight excluding hydrogens is 200 g/mol. The van der Waals surface area contributed by atoms with Crippen LogP contribution in [0.1, 0.15) is 44.2 Å². The third-order valence-electron chi connectivity index (χ3n) is 3.32. The van der Waals surface area contributed by atoms with E-state index in [-0.39, 0.29) is 5.56 Å². The Bertz CT molecular complexity index is 363. The van der Waals surface area contributed by atoms with Crippen LogP contribution in [0.4, 0.5) is 0 Å². The highest BCUT2D eigenvalue weighted by Gasteiger charge is 2.22. The van der Waals surface area contributed by atoms with Gasteiger partial charge in [-0.15, -0.1) is 0 Å². The van der Waals surface area contributed by atoms with Crippen LogP contribution >= 0.6 is 0 Å². The second kappa shape index (κ2) is 5.30. The number of hydrogen-bond acceptors (Lipinski definition) is 2. The van der Waals surface area contributed by atoms with Crippen LogP contribution in [0.25, 0.3) is 0 Å². The maximum absolute atomic E-state index is 11.0. The van der Waals surface area contributed by atoms with E-state index in [2.05, 4.69) is 16.8 Å². The quantitative estimate of drug-likeness (QED) is 0.848. The highest BCUT2D eigenvalue weighted by atomic mass is 16.1. The fourth-order valence-electron chi connectivity index (χ4n) is 2.55. The van der Waals surface area contributed by atoms with Gasteiger partial charge >= 0.3 is 0 Å². The fraction of sp³-hybridized carbons (Fsp3) is 0.615. The van der Waals surface area contributed by atoms with Crippen LogP contribution in [0.3, 0.4) is 0 Å². The molecule has 1 fully saturated rings. The van der Waals surface area contributed by atoms with Crippen molar-refractivity contribution in [2.75, 3.05) is 13.1 Å². The van der Waals surface area contributed by atoms with Crippen molar-refractivity contribution in [3.05, 3.63) is 34.2 Å². The van der Waals surface area contributed by atoms with Crippen molar-refractivity contribution in [3.63, 3.8) is 0 Å². The van der Waals surface area contributed by atoms with Crippen LogP contribution in [-0.4, -0.2) is 23.0 Å². The number of nitrogens with one attached hydrogen (secondary N) is 1. The van der Waals surface area contributed by atoms with Gasteiger partial charge in [-0.2, -0.15) is 0 Å². The van der Waals surface area contributed by atoms with Crippen LogP contribution in [0, 0.1) is 0 Å². The van der Waals surface area contributed by atoms with Crippen LogP contribution in [0.5, 0.6) is 0 Å². The lowest BCUT2D eigenvalue weighted by molar-refractivity contribution is 0.149. The summed E-state index contributed by atoms with van der Waals surface area (Å²) in [6.07, 6.45) is 6.89. The first-order valence-corrected chi connectivity index (χ1v) is 6.24. The number of pyridine rings is 1. The van der Waals surface area contributed by atoms with Gasteiger partial charge in [-0.1, -0.05) is 19.4 Å². The Morgan fingerprint density at radius 3 is 3.00 bits per heavy atom. The van der Waals surface area contributed by atoms with Crippen molar-refractivity contribution >= 4 is 0 Å². The van der Waals surface area contributed by atoms with Crippen LogP contribution in [0.15, 0.2) is 23.1 Å². The minimum absolute atomic E-state index is 0.0124. The normalized spacial score (nSPS) is 22.2. The molecule has 1 unspecified atom stereocenters. The van der Waals surface area contributed by atoms with E-state index >= 15 is 0 Å². The molecule has 2 rings (SSSR count). The first-order valence-electron chi connectivity index (χ1n) is 6.24. The summed E-state index contributed by atoms with van der Waals surface area (Å²) >= 11 is 0. The van der Waals surface area contributed by atoms with Crippen molar-refractivity contribution in [1.82, 2.24) is 9.88 Å². The zero-order chi connectivity index (χ0) is 11.4. The summed E-state index contributed by atoms with van der Waals surface area (Å²) in [6, 6.07) is 4.11. The molecule has 1 N–H and O–H groups in total. The van der Waals surface area contributed by atoms with Gasteiger partial charge in [0.05, 0.1) is 0 Å². The average molecular weight is 220 g/mol. The van der Waals surface area contributed by atoms with Gasteiger partial charge in [-0.3, -0.25) is 9.69 Å². The van der Waals surface area contributed by atoms with Crippen LogP contribution < -0.4 is 5.56 Å². The number of rotatable bonds is 3. The van der Waals surface area contributed by atoms with E-state index in [9.17, 15) is 4.79 Å². The second-order valence-electron chi connectivity index (χ2n) is 4.53. The molecule has 1 aliphatic rings. The lowest BCUT2D eigenvalue weighted by atomic mass is 9.96. The van der Waals surface area contributed by atoms with E-state index in [0.29, 0.717) is 6.04 Å². The molecule has 0 radical (unpaired) electrons. The smallest absolute Gasteiger partial charge is 0.247 e. The molecule has 1 aromatic rings. The van der Waals surface area contributed by atoms with Gasteiger partial charge in [0.2, 0.25) is 5.56 Å². The van der Waals surface area contributed by atoms with Gasteiger partial charge in [-0.25, -0.2) is 0 Å². The molecule has 1 aromatic heterocycles. The largest absolute Gasteiger partial charge is 0.329 e. The molecule has 16 heavy (non-hydrogen) atoms. The lowest BCUT2D eigenvalue weighted by Gasteiger charge is -2.35. The average Bonchev–Trinajstić information content (AvgIpc) is 2.32. The summed E-state index contributed by atoms with van der Waals surface area (Å²) in [5.74, 6) is 0. The molecule has 0 aromatic carbocycles. The number of aromatic amines is 1. The summed E-state index contributed by atoms with van der Waals surface area (Å²) in [7, 11) is 0. The van der Waals surface area contributed by atoms with E-state index in [0.717, 1.165) is 6.54 Å². The number of hydrogen-bond donors (Lipinski definition) is 1. The fourth-order valence-corrected chi connectivity index (χ4v) is 2.55. The molecule has 0 bridgehead atoms. The highest BCUT2D eigenvalue weighted by Crippen LogP contribution is 2.29. The predicted molar refractivity (Wildman–Crippen MR) is 65.5 cm³/mol. The van der Waals surface area contributed by atoms with Crippen LogP contribution in [-0.2, 0) is 0 Å². The third kappa shape index (κ3) is 2.53. The molecular formula is C13H20N2O. The predicted octanol–water partition coefficient (Wildman–Crippen LogP) is 2.31. The molecule has 3 heteroatoms. The zero-order valence-electron chi connectivity index (χ0n) is 9.91. The molecule has 0 amide bonds. The van der Waals surface area contributed by atoms with Crippen molar-refractivity contribution in [1.29, 1.82) is 0 Å². The Morgan fingerprint density at radius 1 is 1.44 bits per heavy atom. The van der Waals surface area contributed by atoms with E-state index < -0.39 is 0 Å². The Morgan fingerprint density at radius 2 is 2.31 bits per heavy atom. The minimum Gasteiger partial charge on any atom is -0.329 e. The van der Waals surface area contributed by atoms with Crippen molar-refractivity contribution in [2.45, 2.75) is 38.6 Å². The number of piperidine rings is 1. The first kappa shape index (κ1) is 11.4. The van der Waals surface area contributed by atoms with Crippen molar-refractivity contribution < 1.29 is 0 Å². The zero-order valence-corrected chi connectivity index (χ0v) is 9.91. The maximum Gasteiger partial charge on any atom is 0.247 e. The van der Waals surface area contributed by atoms with E-state index in [1.54, 1.807) is 6.07 Å². The molecule has 88 valence electrons. The van der Waals surface area contributed by atoms with Gasteiger partial charge in [-0.05, 0) is 37.9 Å². The monoisotopic (exact) mass is 220 g/mol. The molecule has 1 aliphatic heterocycles. The lowest BCUT2D eigenvalue weighted by Crippen LogP contribution is -2.34. The Kier molecular flexibility index (Phi) is 3.78. The van der Waals surface area contributed by atoms with Gasteiger partial charge in [0.15, 0.2) is 0 Å². The molecule has 0 saturated carbocycles. The number of H-pyrrole nitrogens is 1. The maximum atomic E-state index is 11.0. The third-order valence-corrected chi connectivity index (χ3v) is 3.32. The van der Waals surface area contributed by atoms with Crippen molar-refractivity contribution in [3.8, 4) is 0 Å². The molecule has 1 atom stereocenters. The Balaban J connectivity index is 2.16. The summed E-state index contributed by atoms with van der Waals surface area (Å²) in [5, 5.41) is 0. The first-order chi connectivity index (χ1) is 7.81. The van der Waals surface area contributed by atoms with E-state index in [1.807, 2.05) is 12.3 Å². The van der Waals surface area contributed by atoms with Crippen LogP contribution in [0.2, 0.25) is 0 Å². The van der Waals surface area contributed by atoms with Gasteiger partial charge in [0.25, 0.3) is 0 Å². The summed E-state index contributed by atoms with van der Waals surface area (Å²) in [5.41, 5.74) is 1.24.